The first-order chi connectivity index (χ1) is 12.1. The summed E-state index contributed by atoms with van der Waals surface area (Å²) in [7, 11) is -3.58. The quantitative estimate of drug-likeness (QED) is 0.727. The van der Waals surface area contributed by atoms with Crippen LogP contribution in [0.15, 0.2) is 53.6 Å². The number of sulfonamides is 1. The molecule has 5 nitrogen and oxygen atoms in total. The second kappa shape index (κ2) is 5.20. The van der Waals surface area contributed by atoms with Crippen molar-refractivity contribution in [2.45, 2.75) is 17.7 Å². The van der Waals surface area contributed by atoms with Crippen LogP contribution in [0.3, 0.4) is 0 Å². The number of nitrogens with one attached hydrogen (secondary N) is 1. The largest absolute Gasteiger partial charge is 0.371 e. The van der Waals surface area contributed by atoms with Crippen LogP contribution in [0.25, 0.3) is 22.0 Å². The average Bonchev–Trinajstić information content (AvgIpc) is 3.16. The Morgan fingerprint density at radius 2 is 1.80 bits per heavy atom. The third-order valence-electron chi connectivity index (χ3n) is 5.02. The first kappa shape index (κ1) is 14.7. The number of benzene rings is 2. The first-order valence-electron chi connectivity index (χ1n) is 8.44. The minimum Gasteiger partial charge on any atom is -0.371 e. The fourth-order valence-corrected chi connectivity index (χ4v) is 5.18. The molecule has 126 valence electrons. The molecule has 0 bridgehead atoms. The van der Waals surface area contributed by atoms with Crippen molar-refractivity contribution in [3.63, 3.8) is 0 Å². The Hall–Kier alpha value is -2.60. The van der Waals surface area contributed by atoms with Gasteiger partial charge in [0, 0.05) is 41.5 Å². The molecule has 6 heteroatoms. The maximum Gasteiger partial charge on any atom is 0.262 e. The number of fused-ring (bicyclic) bond motifs is 5. The van der Waals surface area contributed by atoms with Gasteiger partial charge in [0.1, 0.15) is 0 Å². The molecule has 0 radical (unpaired) electrons. The Morgan fingerprint density at radius 3 is 2.64 bits per heavy atom. The number of nitrogens with zero attached hydrogens (tertiary/aromatic N) is 2. The second-order valence-electron chi connectivity index (χ2n) is 6.51. The highest BCUT2D eigenvalue weighted by molar-refractivity contribution is 7.93. The van der Waals surface area contributed by atoms with Crippen molar-refractivity contribution >= 4 is 32.3 Å². The SMILES string of the molecule is O=S1(=O)Nc2c(cc(N3CCCC3)c3cccnc23)-c2ccccc21. The summed E-state index contributed by atoms with van der Waals surface area (Å²) in [4.78, 5) is 7.21. The van der Waals surface area contributed by atoms with Crippen molar-refractivity contribution in [3.8, 4) is 11.1 Å². The molecule has 0 saturated carbocycles. The fraction of sp³-hybridized carbons (Fsp3) is 0.211. The van der Waals surface area contributed by atoms with Crippen LogP contribution in [0.5, 0.6) is 0 Å². The molecule has 1 saturated heterocycles. The highest BCUT2D eigenvalue weighted by Gasteiger charge is 2.30. The van der Waals surface area contributed by atoms with Crippen molar-refractivity contribution < 1.29 is 8.42 Å². The van der Waals surface area contributed by atoms with Gasteiger partial charge in [0.15, 0.2) is 0 Å². The lowest BCUT2D eigenvalue weighted by molar-refractivity contribution is 0.601. The summed E-state index contributed by atoms with van der Waals surface area (Å²) in [6.07, 6.45) is 4.08. The minimum atomic E-state index is -3.58. The third kappa shape index (κ3) is 2.14. The van der Waals surface area contributed by atoms with E-state index >= 15 is 0 Å². The molecule has 2 aliphatic rings. The molecule has 25 heavy (non-hydrogen) atoms. The molecular weight excluding hydrogens is 334 g/mol. The number of hydrogen-bond donors (Lipinski definition) is 1. The number of pyridine rings is 1. The van der Waals surface area contributed by atoms with Gasteiger partial charge in [0.05, 0.1) is 16.1 Å². The van der Waals surface area contributed by atoms with Gasteiger partial charge in [0.25, 0.3) is 10.0 Å². The molecule has 2 aromatic carbocycles. The monoisotopic (exact) mass is 351 g/mol. The number of rotatable bonds is 1. The van der Waals surface area contributed by atoms with Crippen molar-refractivity contribution in [2.75, 3.05) is 22.7 Å². The Balaban J connectivity index is 1.89. The summed E-state index contributed by atoms with van der Waals surface area (Å²) >= 11 is 0. The molecule has 0 spiro atoms. The van der Waals surface area contributed by atoms with Gasteiger partial charge in [-0.3, -0.25) is 9.71 Å². The minimum absolute atomic E-state index is 0.324. The van der Waals surface area contributed by atoms with E-state index < -0.39 is 10.0 Å². The summed E-state index contributed by atoms with van der Waals surface area (Å²) in [6, 6.07) is 13.2. The number of anilines is 2. The lowest BCUT2D eigenvalue weighted by Gasteiger charge is -2.27. The highest BCUT2D eigenvalue weighted by atomic mass is 32.2. The van der Waals surface area contributed by atoms with E-state index in [1.165, 1.54) is 12.8 Å². The molecule has 1 N–H and O–H groups in total. The third-order valence-corrected chi connectivity index (χ3v) is 6.43. The van der Waals surface area contributed by atoms with E-state index in [-0.39, 0.29) is 0 Å². The van der Waals surface area contributed by atoms with Crippen LogP contribution in [-0.2, 0) is 10.0 Å². The predicted molar refractivity (Wildman–Crippen MR) is 99.4 cm³/mol. The lowest BCUT2D eigenvalue weighted by Crippen LogP contribution is -2.22. The average molecular weight is 351 g/mol. The summed E-state index contributed by atoms with van der Waals surface area (Å²) < 4.78 is 28.1. The van der Waals surface area contributed by atoms with Crippen LogP contribution in [0.1, 0.15) is 12.8 Å². The lowest BCUT2D eigenvalue weighted by atomic mass is 9.99. The molecule has 3 aromatic rings. The summed E-state index contributed by atoms with van der Waals surface area (Å²) in [5.41, 5.74) is 4.07. The molecule has 0 amide bonds. The maximum atomic E-state index is 12.7. The molecular formula is C19H17N3O2S. The van der Waals surface area contributed by atoms with Gasteiger partial charge in [-0.2, -0.15) is 0 Å². The van der Waals surface area contributed by atoms with Gasteiger partial charge in [-0.05, 0) is 37.1 Å². The number of hydrogen-bond acceptors (Lipinski definition) is 4. The number of aromatic nitrogens is 1. The highest BCUT2D eigenvalue weighted by Crippen LogP contribution is 2.45. The molecule has 1 aromatic heterocycles. The molecule has 0 atom stereocenters. The maximum absolute atomic E-state index is 12.7. The molecule has 5 rings (SSSR count). The van der Waals surface area contributed by atoms with Gasteiger partial charge in [-0.25, -0.2) is 8.42 Å². The van der Waals surface area contributed by atoms with Crippen molar-refractivity contribution in [1.29, 1.82) is 0 Å². The van der Waals surface area contributed by atoms with E-state index in [9.17, 15) is 8.42 Å². The zero-order chi connectivity index (χ0) is 17.0. The fourth-order valence-electron chi connectivity index (χ4n) is 3.87. The van der Waals surface area contributed by atoms with Crippen LogP contribution >= 0.6 is 0 Å². The Bertz CT molecular complexity index is 1100. The zero-order valence-electron chi connectivity index (χ0n) is 13.6. The van der Waals surface area contributed by atoms with Crippen molar-refractivity contribution in [1.82, 2.24) is 4.98 Å². The molecule has 1 fully saturated rings. The summed E-state index contributed by atoms with van der Waals surface area (Å²) in [5.74, 6) is 0. The predicted octanol–water partition coefficient (Wildman–Crippen LogP) is 3.62. The van der Waals surface area contributed by atoms with E-state index in [0.717, 1.165) is 35.3 Å². The van der Waals surface area contributed by atoms with E-state index in [2.05, 4.69) is 20.7 Å². The molecule has 2 aliphatic heterocycles. The van der Waals surface area contributed by atoms with Gasteiger partial charge < -0.3 is 4.90 Å². The zero-order valence-corrected chi connectivity index (χ0v) is 14.4. The smallest absolute Gasteiger partial charge is 0.262 e. The Labute approximate surface area is 146 Å². The first-order valence-corrected chi connectivity index (χ1v) is 9.92. The van der Waals surface area contributed by atoms with Crippen LogP contribution in [0.2, 0.25) is 0 Å². The van der Waals surface area contributed by atoms with Gasteiger partial charge in [-0.1, -0.05) is 18.2 Å². The van der Waals surface area contributed by atoms with Gasteiger partial charge in [0.2, 0.25) is 0 Å². The topological polar surface area (TPSA) is 62.3 Å². The molecule has 0 aliphatic carbocycles. The Kier molecular flexibility index (Phi) is 3.06. The van der Waals surface area contributed by atoms with Crippen LogP contribution in [0, 0.1) is 0 Å². The van der Waals surface area contributed by atoms with E-state index in [1.807, 2.05) is 24.3 Å². The van der Waals surface area contributed by atoms with Gasteiger partial charge >= 0.3 is 0 Å². The van der Waals surface area contributed by atoms with Gasteiger partial charge in [-0.15, -0.1) is 0 Å². The van der Waals surface area contributed by atoms with E-state index in [0.29, 0.717) is 16.1 Å². The van der Waals surface area contributed by atoms with Crippen molar-refractivity contribution in [3.05, 3.63) is 48.7 Å². The standard InChI is InChI=1S/C19H17N3O2S/c23-25(24)17-8-2-1-6-13(17)15-12-16(22-10-3-4-11-22)14-7-5-9-20-18(14)19(15)21-25/h1-2,5-9,12,21H,3-4,10-11H2. The normalized spacial score (nSPS) is 17.8. The Morgan fingerprint density at radius 1 is 1.00 bits per heavy atom. The van der Waals surface area contributed by atoms with Crippen LogP contribution < -0.4 is 9.62 Å². The molecule has 0 unspecified atom stereocenters. The van der Waals surface area contributed by atoms with Crippen molar-refractivity contribution in [2.24, 2.45) is 0 Å². The van der Waals surface area contributed by atoms with E-state index in [1.54, 1.807) is 18.3 Å². The molecule has 3 heterocycles. The summed E-state index contributed by atoms with van der Waals surface area (Å²) in [6.45, 7) is 2.05. The van der Waals surface area contributed by atoms with E-state index in [4.69, 9.17) is 0 Å². The second-order valence-corrected chi connectivity index (χ2v) is 8.16. The van der Waals surface area contributed by atoms with Crippen LogP contribution in [-0.4, -0.2) is 26.5 Å². The van der Waals surface area contributed by atoms with Crippen LogP contribution in [0.4, 0.5) is 11.4 Å². The summed E-state index contributed by atoms with van der Waals surface area (Å²) in [5, 5.41) is 0.991.